The van der Waals surface area contributed by atoms with Gasteiger partial charge in [-0.15, -0.1) is 0 Å². The zero-order valence-electron chi connectivity index (χ0n) is 14.9. The molecule has 1 aromatic carbocycles. The molecule has 24 heavy (non-hydrogen) atoms. The first-order valence-electron chi connectivity index (χ1n) is 8.47. The van der Waals surface area contributed by atoms with E-state index >= 15 is 0 Å². The van der Waals surface area contributed by atoms with Gasteiger partial charge in [-0.3, -0.25) is 4.79 Å². The fourth-order valence-electron chi connectivity index (χ4n) is 2.69. The van der Waals surface area contributed by atoms with Crippen molar-refractivity contribution in [3.05, 3.63) is 29.3 Å². The average Bonchev–Trinajstić information content (AvgIpc) is 2.90. The molecule has 0 aromatic heterocycles. The van der Waals surface area contributed by atoms with Crippen LogP contribution < -0.4 is 14.8 Å². The summed E-state index contributed by atoms with van der Waals surface area (Å²) in [5, 5.41) is 2.92. The minimum Gasteiger partial charge on any atom is -0.493 e. The number of carbonyl (C=O) groups excluding carboxylic acids is 1. The summed E-state index contributed by atoms with van der Waals surface area (Å²) in [6.45, 7) is 7.16. The van der Waals surface area contributed by atoms with Gasteiger partial charge in [0.15, 0.2) is 0 Å². The Morgan fingerprint density at radius 1 is 1.50 bits per heavy atom. The Labute approximate surface area is 144 Å². The molecule has 0 saturated heterocycles. The van der Waals surface area contributed by atoms with E-state index in [-0.39, 0.29) is 18.1 Å². The Morgan fingerprint density at radius 3 is 3.00 bits per heavy atom. The van der Waals surface area contributed by atoms with E-state index in [2.05, 4.69) is 5.32 Å². The van der Waals surface area contributed by atoms with E-state index in [0.717, 1.165) is 35.5 Å². The lowest BCUT2D eigenvalue weighted by molar-refractivity contribution is -0.117. The quantitative estimate of drug-likeness (QED) is 0.743. The largest absolute Gasteiger partial charge is 0.493 e. The van der Waals surface area contributed by atoms with Gasteiger partial charge >= 0.3 is 0 Å². The predicted octanol–water partition coefficient (Wildman–Crippen LogP) is 2.96. The van der Waals surface area contributed by atoms with Gasteiger partial charge in [0.1, 0.15) is 17.6 Å². The normalized spacial score (nSPS) is 17.4. The molecule has 2 atom stereocenters. The molecule has 0 saturated carbocycles. The minimum atomic E-state index is -0.129. The average molecular weight is 333 g/mol. The van der Waals surface area contributed by atoms with Crippen molar-refractivity contribution < 1.29 is 19.0 Å². The van der Waals surface area contributed by atoms with Crippen LogP contribution in [0.5, 0.6) is 11.5 Å². The molecule has 1 aliphatic heterocycles. The van der Waals surface area contributed by atoms with E-state index in [0.29, 0.717) is 13.2 Å². The predicted molar refractivity (Wildman–Crippen MR) is 94.5 cm³/mol. The SMILES string of the molecule is CCOc1cc2c(cc1C=CC(=O)NC(C)CCOC)OC(C)C2. The zero-order chi connectivity index (χ0) is 17.5. The Kier molecular flexibility index (Phi) is 6.67. The summed E-state index contributed by atoms with van der Waals surface area (Å²) in [7, 11) is 1.65. The van der Waals surface area contributed by atoms with Crippen LogP contribution >= 0.6 is 0 Å². The lowest BCUT2D eigenvalue weighted by Gasteiger charge is -2.12. The number of ether oxygens (including phenoxy) is 3. The highest BCUT2D eigenvalue weighted by Gasteiger charge is 2.21. The molecule has 2 rings (SSSR count). The molecule has 1 heterocycles. The first-order chi connectivity index (χ1) is 11.5. The van der Waals surface area contributed by atoms with Crippen molar-refractivity contribution in [3.63, 3.8) is 0 Å². The lowest BCUT2D eigenvalue weighted by atomic mass is 10.1. The smallest absolute Gasteiger partial charge is 0.244 e. The van der Waals surface area contributed by atoms with Crippen molar-refractivity contribution in [2.45, 2.75) is 45.8 Å². The monoisotopic (exact) mass is 333 g/mol. The number of carbonyl (C=O) groups is 1. The standard InChI is InChI=1S/C19H27NO4/c1-5-23-17-12-16-10-14(3)24-18(16)11-15(17)6-7-19(21)20-13(2)8-9-22-4/h6-7,11-14H,5,8-10H2,1-4H3,(H,20,21). The lowest BCUT2D eigenvalue weighted by Crippen LogP contribution is -2.31. The van der Waals surface area contributed by atoms with Gasteiger partial charge in [0, 0.05) is 43.4 Å². The maximum Gasteiger partial charge on any atom is 0.244 e. The van der Waals surface area contributed by atoms with E-state index in [1.807, 2.05) is 32.9 Å². The highest BCUT2D eigenvalue weighted by atomic mass is 16.5. The summed E-state index contributed by atoms with van der Waals surface area (Å²) in [5.74, 6) is 1.53. The number of amides is 1. The molecule has 0 radical (unpaired) electrons. The van der Waals surface area contributed by atoms with Crippen molar-refractivity contribution in [1.82, 2.24) is 5.32 Å². The van der Waals surface area contributed by atoms with E-state index in [4.69, 9.17) is 14.2 Å². The van der Waals surface area contributed by atoms with Gasteiger partial charge in [-0.05, 0) is 45.4 Å². The van der Waals surface area contributed by atoms with Crippen molar-refractivity contribution >= 4 is 12.0 Å². The van der Waals surface area contributed by atoms with Crippen molar-refractivity contribution in [2.24, 2.45) is 0 Å². The van der Waals surface area contributed by atoms with Crippen LogP contribution in [0.3, 0.4) is 0 Å². The molecule has 0 aliphatic carbocycles. The first kappa shape index (κ1) is 18.3. The van der Waals surface area contributed by atoms with Crippen LogP contribution in [0.15, 0.2) is 18.2 Å². The van der Waals surface area contributed by atoms with Gasteiger partial charge in [0.05, 0.1) is 6.61 Å². The molecular weight excluding hydrogens is 306 g/mol. The van der Waals surface area contributed by atoms with E-state index in [1.54, 1.807) is 13.2 Å². The number of benzene rings is 1. The molecule has 1 aromatic rings. The number of hydrogen-bond donors (Lipinski definition) is 1. The second-order valence-electron chi connectivity index (χ2n) is 6.09. The second-order valence-corrected chi connectivity index (χ2v) is 6.09. The topological polar surface area (TPSA) is 56.8 Å². The maximum absolute atomic E-state index is 12.0. The second kappa shape index (κ2) is 8.73. The zero-order valence-corrected chi connectivity index (χ0v) is 14.9. The summed E-state index contributed by atoms with van der Waals surface area (Å²) >= 11 is 0. The van der Waals surface area contributed by atoms with Crippen molar-refractivity contribution in [1.29, 1.82) is 0 Å². The third kappa shape index (κ3) is 4.99. The third-order valence-corrected chi connectivity index (χ3v) is 3.89. The Balaban J connectivity index is 2.07. The molecule has 5 nitrogen and oxygen atoms in total. The Bertz CT molecular complexity index is 597. The van der Waals surface area contributed by atoms with Gasteiger partial charge in [0.25, 0.3) is 0 Å². The number of hydrogen-bond acceptors (Lipinski definition) is 4. The molecule has 1 amide bonds. The summed E-state index contributed by atoms with van der Waals surface area (Å²) < 4.78 is 16.5. The molecule has 0 bridgehead atoms. The van der Waals surface area contributed by atoms with Crippen LogP contribution in [0.1, 0.15) is 38.3 Å². The van der Waals surface area contributed by atoms with E-state index in [9.17, 15) is 4.79 Å². The number of nitrogens with one attached hydrogen (secondary N) is 1. The third-order valence-electron chi connectivity index (χ3n) is 3.89. The molecule has 5 heteroatoms. The fourth-order valence-corrected chi connectivity index (χ4v) is 2.69. The summed E-state index contributed by atoms with van der Waals surface area (Å²) in [5.41, 5.74) is 2.00. The highest BCUT2D eigenvalue weighted by Crippen LogP contribution is 2.35. The number of fused-ring (bicyclic) bond motifs is 1. The highest BCUT2D eigenvalue weighted by molar-refractivity contribution is 5.92. The van der Waals surface area contributed by atoms with Gasteiger partial charge in [-0.1, -0.05) is 0 Å². The molecule has 0 spiro atoms. The van der Waals surface area contributed by atoms with Crippen LogP contribution in [0.2, 0.25) is 0 Å². The van der Waals surface area contributed by atoms with Crippen molar-refractivity contribution in [2.75, 3.05) is 20.3 Å². The molecule has 1 N–H and O–H groups in total. The molecule has 0 fully saturated rings. The summed E-state index contributed by atoms with van der Waals surface area (Å²) in [6, 6.07) is 4.03. The van der Waals surface area contributed by atoms with Crippen LogP contribution in [0.4, 0.5) is 0 Å². The molecule has 1 aliphatic rings. The van der Waals surface area contributed by atoms with Gasteiger partial charge in [0.2, 0.25) is 5.91 Å². The van der Waals surface area contributed by atoms with Crippen LogP contribution in [0.25, 0.3) is 6.08 Å². The number of methoxy groups -OCH3 is 1. The maximum atomic E-state index is 12.0. The fraction of sp³-hybridized carbons (Fsp3) is 0.526. The Hall–Kier alpha value is -2.01. The van der Waals surface area contributed by atoms with E-state index in [1.165, 1.54) is 6.08 Å². The molecular formula is C19H27NO4. The van der Waals surface area contributed by atoms with Crippen LogP contribution in [-0.4, -0.2) is 38.4 Å². The van der Waals surface area contributed by atoms with Crippen molar-refractivity contribution in [3.8, 4) is 11.5 Å². The summed E-state index contributed by atoms with van der Waals surface area (Å²) in [6.07, 6.45) is 5.16. The number of rotatable bonds is 8. The van der Waals surface area contributed by atoms with Crippen LogP contribution in [-0.2, 0) is 16.0 Å². The molecule has 2 unspecified atom stereocenters. The Morgan fingerprint density at radius 2 is 2.29 bits per heavy atom. The first-order valence-corrected chi connectivity index (χ1v) is 8.47. The van der Waals surface area contributed by atoms with Crippen LogP contribution in [0, 0.1) is 0 Å². The van der Waals surface area contributed by atoms with Gasteiger partial charge in [-0.25, -0.2) is 0 Å². The molecule has 132 valence electrons. The van der Waals surface area contributed by atoms with E-state index < -0.39 is 0 Å². The van der Waals surface area contributed by atoms with Gasteiger partial charge < -0.3 is 19.5 Å². The minimum absolute atomic E-state index is 0.0673. The van der Waals surface area contributed by atoms with Gasteiger partial charge in [-0.2, -0.15) is 0 Å². The summed E-state index contributed by atoms with van der Waals surface area (Å²) in [4.78, 5) is 12.0.